The number of benzene rings is 3. The Hall–Kier alpha value is -4.27. The van der Waals surface area contributed by atoms with E-state index in [-0.39, 0.29) is 30.9 Å². The van der Waals surface area contributed by atoms with Crippen molar-refractivity contribution in [3.8, 4) is 0 Å². The van der Waals surface area contributed by atoms with Crippen molar-refractivity contribution in [2.75, 3.05) is 31.1 Å². The quantitative estimate of drug-likeness (QED) is 0.419. The number of rotatable bonds is 7. The summed E-state index contributed by atoms with van der Waals surface area (Å²) in [4.78, 5) is 48.8. The van der Waals surface area contributed by atoms with Crippen LogP contribution in [0, 0.1) is 11.8 Å². The third-order valence-corrected chi connectivity index (χ3v) is 9.84. The fourth-order valence-corrected chi connectivity index (χ4v) is 7.81. The fourth-order valence-electron chi connectivity index (χ4n) is 7.81. The zero-order valence-electron chi connectivity index (χ0n) is 24.8. The average Bonchev–Trinajstić information content (AvgIpc) is 3.34. The van der Waals surface area contributed by atoms with Crippen molar-refractivity contribution in [2.24, 2.45) is 11.8 Å². The number of ether oxygens (including phenoxy) is 1. The topological polar surface area (TPSA) is 90.4 Å². The first-order valence-electron chi connectivity index (χ1n) is 15.5. The summed E-state index contributed by atoms with van der Waals surface area (Å²) in [6.45, 7) is 3.17. The fraction of sp³-hybridized carbons (Fsp3) is 0.361. The minimum atomic E-state index is -1.33. The molecule has 1 spiro atoms. The lowest BCUT2D eigenvalue weighted by atomic mass is 9.73. The number of aliphatic hydroxyl groups excluding tert-OH is 1. The first-order chi connectivity index (χ1) is 21.4. The third kappa shape index (κ3) is 4.31. The van der Waals surface area contributed by atoms with Gasteiger partial charge in [0.1, 0.15) is 11.6 Å². The second-order valence-corrected chi connectivity index (χ2v) is 12.2. The largest absolute Gasteiger partial charge is 0.396 e. The minimum absolute atomic E-state index is 0.123. The molecule has 0 aliphatic carbocycles. The molecule has 0 saturated carbocycles. The second kappa shape index (κ2) is 11.0. The van der Waals surface area contributed by atoms with E-state index >= 15 is 0 Å². The van der Waals surface area contributed by atoms with Gasteiger partial charge < -0.3 is 24.5 Å². The summed E-state index contributed by atoms with van der Waals surface area (Å²) < 4.78 is 7.06. The van der Waals surface area contributed by atoms with Gasteiger partial charge in [0, 0.05) is 38.5 Å². The molecule has 3 aromatic rings. The van der Waals surface area contributed by atoms with E-state index in [0.717, 1.165) is 22.0 Å². The van der Waals surface area contributed by atoms with Crippen LogP contribution < -0.4 is 4.90 Å². The molecule has 8 nitrogen and oxygen atoms in total. The third-order valence-electron chi connectivity index (χ3n) is 9.84. The van der Waals surface area contributed by atoms with Gasteiger partial charge in [-0.1, -0.05) is 91.9 Å². The average molecular weight is 592 g/mol. The van der Waals surface area contributed by atoms with E-state index in [1.54, 1.807) is 14.7 Å². The van der Waals surface area contributed by atoms with Crippen molar-refractivity contribution in [1.82, 2.24) is 9.80 Å². The van der Waals surface area contributed by atoms with Crippen molar-refractivity contribution in [1.29, 1.82) is 0 Å². The second-order valence-electron chi connectivity index (χ2n) is 12.2. The molecule has 226 valence electrons. The van der Waals surface area contributed by atoms with E-state index in [9.17, 15) is 19.5 Å². The molecule has 5 atom stereocenters. The van der Waals surface area contributed by atoms with Gasteiger partial charge in [-0.2, -0.15) is 0 Å². The van der Waals surface area contributed by atoms with Crippen LogP contribution in [0.4, 0.5) is 5.69 Å². The number of carbonyl (C=O) groups excluding carboxylic acids is 3. The number of likely N-dealkylation sites (tertiary alicyclic amines) is 1. The van der Waals surface area contributed by atoms with E-state index < -0.39 is 29.1 Å². The van der Waals surface area contributed by atoms with Gasteiger partial charge in [-0.25, -0.2) is 0 Å². The molecule has 4 heterocycles. The Balaban J connectivity index is 1.32. The summed E-state index contributed by atoms with van der Waals surface area (Å²) in [5.41, 5.74) is -0.628. The van der Waals surface area contributed by atoms with Gasteiger partial charge in [0.2, 0.25) is 11.8 Å². The van der Waals surface area contributed by atoms with Gasteiger partial charge in [-0.3, -0.25) is 14.4 Å². The predicted molar refractivity (Wildman–Crippen MR) is 167 cm³/mol. The highest BCUT2D eigenvalue weighted by Crippen LogP contribution is 2.58. The number of amides is 3. The Bertz CT molecular complexity index is 1670. The van der Waals surface area contributed by atoms with Gasteiger partial charge >= 0.3 is 0 Å². The lowest BCUT2D eigenvalue weighted by Crippen LogP contribution is -2.56. The summed E-state index contributed by atoms with van der Waals surface area (Å²) in [5, 5.41) is 11.8. The van der Waals surface area contributed by atoms with Crippen molar-refractivity contribution in [2.45, 2.75) is 43.6 Å². The van der Waals surface area contributed by atoms with E-state index in [1.807, 2.05) is 104 Å². The summed E-state index contributed by atoms with van der Waals surface area (Å²) in [6.07, 6.45) is 8.51. The van der Waals surface area contributed by atoms with E-state index in [4.69, 9.17) is 4.74 Å². The van der Waals surface area contributed by atoms with Crippen molar-refractivity contribution < 1.29 is 24.2 Å². The normalized spacial score (nSPS) is 29.5. The van der Waals surface area contributed by atoms with Crippen LogP contribution in [0.15, 0.2) is 97.1 Å². The van der Waals surface area contributed by atoms with Gasteiger partial charge in [0.05, 0.1) is 17.4 Å². The number of hydrogen-bond acceptors (Lipinski definition) is 5. The molecule has 0 radical (unpaired) electrons. The Labute approximate surface area is 257 Å². The number of anilines is 1. The van der Waals surface area contributed by atoms with Gasteiger partial charge in [-0.15, -0.1) is 0 Å². The zero-order valence-corrected chi connectivity index (χ0v) is 24.8. The molecule has 4 aliphatic rings. The zero-order chi connectivity index (χ0) is 30.5. The Morgan fingerprint density at radius 2 is 1.59 bits per heavy atom. The first-order valence-corrected chi connectivity index (χ1v) is 15.5. The lowest BCUT2D eigenvalue weighted by molar-refractivity contribution is -0.150. The van der Waals surface area contributed by atoms with E-state index in [1.165, 1.54) is 0 Å². The molecule has 1 N–H and O–H groups in total. The first kappa shape index (κ1) is 28.5. The number of nitrogens with zero attached hydrogens (tertiary/aromatic N) is 3. The van der Waals surface area contributed by atoms with Crippen LogP contribution in [0.1, 0.15) is 25.3 Å². The van der Waals surface area contributed by atoms with Crippen LogP contribution >= 0.6 is 0 Å². The molecule has 8 heteroatoms. The van der Waals surface area contributed by atoms with Gasteiger partial charge in [0.25, 0.3) is 5.91 Å². The molecular weight excluding hydrogens is 554 g/mol. The Morgan fingerprint density at radius 1 is 0.841 bits per heavy atom. The smallest absolute Gasteiger partial charge is 0.253 e. The van der Waals surface area contributed by atoms with Crippen molar-refractivity contribution in [3.05, 3.63) is 103 Å². The van der Waals surface area contributed by atoms with Crippen LogP contribution in [-0.4, -0.2) is 76.1 Å². The molecule has 3 amide bonds. The van der Waals surface area contributed by atoms with Crippen LogP contribution in [0.5, 0.6) is 0 Å². The SMILES string of the molecule is CC[C@]12C=CCN(Cc3ccccc3)C(=O)[C@H]1[C@H]1C(=O)N(CCCO)C3C(=O)N(c4ccc5ccccc5c4)CC=C[C@@]31O2. The molecule has 1 unspecified atom stereocenters. The molecule has 2 saturated heterocycles. The number of hydrogen-bond donors (Lipinski definition) is 1. The highest BCUT2D eigenvalue weighted by molar-refractivity contribution is 6.06. The maximum atomic E-state index is 14.7. The highest BCUT2D eigenvalue weighted by atomic mass is 16.5. The minimum Gasteiger partial charge on any atom is -0.396 e. The molecule has 0 bridgehead atoms. The number of carbonyl (C=O) groups is 3. The Morgan fingerprint density at radius 3 is 2.36 bits per heavy atom. The lowest BCUT2D eigenvalue weighted by Gasteiger charge is -2.38. The molecule has 0 aromatic heterocycles. The molecule has 3 aromatic carbocycles. The van der Waals surface area contributed by atoms with Gasteiger partial charge in [-0.05, 0) is 41.3 Å². The number of aliphatic hydroxyl groups is 1. The van der Waals surface area contributed by atoms with Crippen LogP contribution in [0.25, 0.3) is 10.8 Å². The van der Waals surface area contributed by atoms with Crippen LogP contribution in [-0.2, 0) is 25.7 Å². The molecule has 2 fully saturated rings. The van der Waals surface area contributed by atoms with Gasteiger partial charge in [0.15, 0.2) is 0 Å². The molecule has 44 heavy (non-hydrogen) atoms. The molecular formula is C36H37N3O5. The van der Waals surface area contributed by atoms with Crippen molar-refractivity contribution in [3.63, 3.8) is 0 Å². The van der Waals surface area contributed by atoms with Crippen LogP contribution in [0.2, 0.25) is 0 Å². The van der Waals surface area contributed by atoms with E-state index in [2.05, 4.69) is 0 Å². The van der Waals surface area contributed by atoms with Crippen LogP contribution in [0.3, 0.4) is 0 Å². The number of fused-ring (bicyclic) bond motifs is 3. The Kier molecular flexibility index (Phi) is 7.14. The van der Waals surface area contributed by atoms with E-state index in [0.29, 0.717) is 32.5 Å². The van der Waals surface area contributed by atoms with Crippen molar-refractivity contribution >= 4 is 34.2 Å². The maximum Gasteiger partial charge on any atom is 0.253 e. The highest BCUT2D eigenvalue weighted by Gasteiger charge is 2.75. The molecule has 7 rings (SSSR count). The molecule has 4 aliphatic heterocycles. The monoisotopic (exact) mass is 591 g/mol. The standard InChI is InChI=1S/C36H37N3O5/c1-2-35-17-8-19-37(24-25-11-4-3-5-12-25)32(41)29(35)30-33(42)39(21-10-22-40)31-34(43)38(20-9-18-36(30,31)44-35)28-16-15-26-13-6-7-14-27(26)23-28/h3-9,11-18,23,29-31,40H,2,10,19-22,24H2,1H3/t29-,30+,31?,35+,36+/m1/s1. The summed E-state index contributed by atoms with van der Waals surface area (Å²) in [5.74, 6) is -2.34. The predicted octanol–water partition coefficient (Wildman–Crippen LogP) is 4.08. The summed E-state index contributed by atoms with van der Waals surface area (Å²) >= 11 is 0. The summed E-state index contributed by atoms with van der Waals surface area (Å²) in [6, 6.07) is 22.8. The maximum absolute atomic E-state index is 14.7. The summed E-state index contributed by atoms with van der Waals surface area (Å²) in [7, 11) is 0.